The number of rotatable bonds is 5. The van der Waals surface area contributed by atoms with Crippen LogP contribution in [0.4, 0.5) is 17.4 Å². The number of nitro benzene ring substituents is 1. The van der Waals surface area contributed by atoms with E-state index in [0.717, 1.165) is 0 Å². The molecule has 118 valence electrons. The molecule has 23 heavy (non-hydrogen) atoms. The van der Waals surface area contributed by atoms with Crippen LogP contribution in [0.2, 0.25) is 0 Å². The summed E-state index contributed by atoms with van der Waals surface area (Å²) >= 11 is 0. The minimum atomic E-state index is -0.488. The predicted molar refractivity (Wildman–Crippen MR) is 83.5 cm³/mol. The smallest absolute Gasteiger partial charge is 0.300 e. The first kappa shape index (κ1) is 14.6. The standard InChI is InChI=1S/C15H13N3O5/c1-21-10-4-6-13-12(8-10)17-15(23-13)16-11-5-3-9(18(19)20)7-14(11)22-2/h3-8H,1-2H3,(H,16,17). The van der Waals surface area contributed by atoms with Crippen molar-refractivity contribution in [3.05, 3.63) is 46.5 Å². The van der Waals surface area contributed by atoms with Gasteiger partial charge in [-0.15, -0.1) is 0 Å². The number of oxazole rings is 1. The summed E-state index contributed by atoms with van der Waals surface area (Å²) in [6, 6.07) is 9.75. The normalized spacial score (nSPS) is 10.5. The van der Waals surface area contributed by atoms with Crippen LogP contribution in [0.15, 0.2) is 40.8 Å². The van der Waals surface area contributed by atoms with Crippen molar-refractivity contribution < 1.29 is 18.8 Å². The number of nitrogens with one attached hydrogen (secondary N) is 1. The molecule has 3 aromatic rings. The molecule has 0 atom stereocenters. The lowest BCUT2D eigenvalue weighted by Gasteiger charge is -2.07. The summed E-state index contributed by atoms with van der Waals surface area (Å²) in [5.74, 6) is 0.990. The van der Waals surface area contributed by atoms with Crippen molar-refractivity contribution >= 4 is 28.5 Å². The number of aromatic nitrogens is 1. The lowest BCUT2D eigenvalue weighted by atomic mass is 10.2. The molecule has 0 aliphatic heterocycles. The topological polar surface area (TPSA) is 99.7 Å². The number of fused-ring (bicyclic) bond motifs is 1. The first-order valence-electron chi connectivity index (χ1n) is 6.65. The molecule has 0 fully saturated rings. The number of hydrogen-bond acceptors (Lipinski definition) is 7. The molecule has 0 saturated heterocycles. The van der Waals surface area contributed by atoms with Crippen LogP contribution in [-0.2, 0) is 0 Å². The number of benzene rings is 2. The monoisotopic (exact) mass is 315 g/mol. The van der Waals surface area contributed by atoms with Gasteiger partial charge in [0.1, 0.15) is 17.0 Å². The largest absolute Gasteiger partial charge is 0.497 e. The molecule has 1 N–H and O–H groups in total. The quantitative estimate of drug-likeness (QED) is 0.568. The first-order chi connectivity index (χ1) is 11.1. The molecule has 8 nitrogen and oxygen atoms in total. The summed E-state index contributed by atoms with van der Waals surface area (Å²) in [6.07, 6.45) is 0. The third-order valence-electron chi connectivity index (χ3n) is 3.23. The van der Waals surface area contributed by atoms with Crippen LogP contribution < -0.4 is 14.8 Å². The van der Waals surface area contributed by atoms with Crippen molar-refractivity contribution in [3.8, 4) is 11.5 Å². The molecule has 0 amide bonds. The highest BCUT2D eigenvalue weighted by molar-refractivity contribution is 5.77. The van der Waals surface area contributed by atoms with Gasteiger partial charge in [-0.25, -0.2) is 0 Å². The van der Waals surface area contributed by atoms with Gasteiger partial charge >= 0.3 is 0 Å². The third-order valence-corrected chi connectivity index (χ3v) is 3.23. The molecule has 3 rings (SSSR count). The predicted octanol–water partition coefficient (Wildman–Crippen LogP) is 3.50. The van der Waals surface area contributed by atoms with Crippen LogP contribution in [0, 0.1) is 10.1 Å². The van der Waals surface area contributed by atoms with Gasteiger partial charge < -0.3 is 19.2 Å². The highest BCUT2D eigenvalue weighted by Gasteiger charge is 2.14. The summed E-state index contributed by atoms with van der Waals surface area (Å²) in [4.78, 5) is 14.6. The van der Waals surface area contributed by atoms with Gasteiger partial charge in [-0.2, -0.15) is 4.98 Å². The summed E-state index contributed by atoms with van der Waals surface area (Å²) in [6.45, 7) is 0. The molecule has 0 bridgehead atoms. The van der Waals surface area contributed by atoms with Crippen molar-refractivity contribution in [1.82, 2.24) is 4.98 Å². The Bertz CT molecular complexity index is 875. The second kappa shape index (κ2) is 5.84. The van der Waals surface area contributed by atoms with Gasteiger partial charge in [-0.3, -0.25) is 10.1 Å². The van der Waals surface area contributed by atoms with Crippen molar-refractivity contribution in [2.75, 3.05) is 19.5 Å². The first-order valence-corrected chi connectivity index (χ1v) is 6.65. The van der Waals surface area contributed by atoms with Gasteiger partial charge in [0.15, 0.2) is 5.58 Å². The maximum absolute atomic E-state index is 10.8. The van der Waals surface area contributed by atoms with Gasteiger partial charge in [0.05, 0.1) is 30.9 Å². The van der Waals surface area contributed by atoms with Crippen LogP contribution in [0.1, 0.15) is 0 Å². The Balaban J connectivity index is 1.93. The van der Waals surface area contributed by atoms with E-state index in [2.05, 4.69) is 10.3 Å². The zero-order chi connectivity index (χ0) is 16.4. The Hall–Kier alpha value is -3.29. The molecule has 1 aromatic heterocycles. The zero-order valence-electron chi connectivity index (χ0n) is 12.4. The molecule has 0 aliphatic rings. The van der Waals surface area contributed by atoms with Crippen molar-refractivity contribution in [3.63, 3.8) is 0 Å². The van der Waals surface area contributed by atoms with Crippen LogP contribution in [0.3, 0.4) is 0 Å². The van der Waals surface area contributed by atoms with Gasteiger partial charge in [0.2, 0.25) is 0 Å². The van der Waals surface area contributed by atoms with E-state index in [9.17, 15) is 10.1 Å². The average molecular weight is 315 g/mol. The molecule has 2 aromatic carbocycles. The summed E-state index contributed by atoms with van der Waals surface area (Å²) in [5, 5.41) is 13.8. The van der Waals surface area contributed by atoms with Crippen LogP contribution in [0.5, 0.6) is 11.5 Å². The molecular formula is C15H13N3O5. The fourth-order valence-electron chi connectivity index (χ4n) is 2.10. The molecule has 0 saturated carbocycles. The number of non-ortho nitro benzene ring substituents is 1. The summed E-state index contributed by atoms with van der Waals surface area (Å²) < 4.78 is 15.9. The molecule has 0 aliphatic carbocycles. The van der Waals surface area contributed by atoms with E-state index in [4.69, 9.17) is 13.9 Å². The minimum absolute atomic E-state index is 0.0605. The maximum Gasteiger partial charge on any atom is 0.300 e. The van der Waals surface area contributed by atoms with E-state index in [1.165, 1.54) is 25.3 Å². The van der Waals surface area contributed by atoms with Gasteiger partial charge in [0, 0.05) is 12.1 Å². The van der Waals surface area contributed by atoms with Gasteiger partial charge in [-0.05, 0) is 18.2 Å². The van der Waals surface area contributed by atoms with Crippen LogP contribution in [0.25, 0.3) is 11.1 Å². The Kier molecular flexibility index (Phi) is 3.71. The molecule has 0 radical (unpaired) electrons. The number of nitro groups is 1. The highest BCUT2D eigenvalue weighted by atomic mass is 16.6. The molecule has 0 unspecified atom stereocenters. The Morgan fingerprint density at radius 3 is 2.70 bits per heavy atom. The number of hydrogen-bond donors (Lipinski definition) is 1. The molecule has 0 spiro atoms. The number of ether oxygens (including phenoxy) is 2. The fraction of sp³-hybridized carbons (Fsp3) is 0.133. The number of methoxy groups -OCH3 is 2. The van der Waals surface area contributed by atoms with Gasteiger partial charge in [0.25, 0.3) is 11.7 Å². The molecule has 8 heteroatoms. The summed E-state index contributed by atoms with van der Waals surface area (Å²) in [7, 11) is 3.00. The second-order valence-electron chi connectivity index (χ2n) is 4.62. The van der Waals surface area contributed by atoms with E-state index in [0.29, 0.717) is 28.3 Å². The minimum Gasteiger partial charge on any atom is -0.497 e. The van der Waals surface area contributed by atoms with Crippen molar-refractivity contribution in [2.45, 2.75) is 0 Å². The summed E-state index contributed by atoms with van der Waals surface area (Å²) in [5.41, 5.74) is 1.67. The maximum atomic E-state index is 10.8. The number of nitrogens with zero attached hydrogens (tertiary/aromatic N) is 2. The molecule has 1 heterocycles. The SMILES string of the molecule is COc1ccc2oc(Nc3ccc([N+](=O)[O-])cc3OC)nc2c1. The van der Waals surface area contributed by atoms with E-state index in [1.54, 1.807) is 25.3 Å². The lowest BCUT2D eigenvalue weighted by Crippen LogP contribution is -1.96. The van der Waals surface area contributed by atoms with Crippen LogP contribution >= 0.6 is 0 Å². The third kappa shape index (κ3) is 2.86. The Morgan fingerprint density at radius 1 is 1.17 bits per heavy atom. The number of anilines is 2. The molecular weight excluding hydrogens is 302 g/mol. The van der Waals surface area contributed by atoms with Crippen molar-refractivity contribution in [2.24, 2.45) is 0 Å². The Labute approximate surface area is 130 Å². The average Bonchev–Trinajstić information content (AvgIpc) is 2.96. The van der Waals surface area contributed by atoms with Crippen molar-refractivity contribution in [1.29, 1.82) is 0 Å². The highest BCUT2D eigenvalue weighted by Crippen LogP contribution is 2.32. The van der Waals surface area contributed by atoms with E-state index >= 15 is 0 Å². The van der Waals surface area contributed by atoms with E-state index < -0.39 is 4.92 Å². The van der Waals surface area contributed by atoms with E-state index in [-0.39, 0.29) is 11.7 Å². The zero-order valence-corrected chi connectivity index (χ0v) is 12.4. The van der Waals surface area contributed by atoms with E-state index in [1.807, 2.05) is 0 Å². The lowest BCUT2D eigenvalue weighted by molar-refractivity contribution is -0.384. The van der Waals surface area contributed by atoms with Crippen LogP contribution in [-0.4, -0.2) is 24.1 Å². The van der Waals surface area contributed by atoms with Gasteiger partial charge in [-0.1, -0.05) is 0 Å². The fourth-order valence-corrected chi connectivity index (χ4v) is 2.10. The Morgan fingerprint density at radius 2 is 2.00 bits per heavy atom. The second-order valence-corrected chi connectivity index (χ2v) is 4.62.